The van der Waals surface area contributed by atoms with Gasteiger partial charge in [0.1, 0.15) is 17.3 Å². The Bertz CT molecular complexity index is 1210. The number of nitrogens with zero attached hydrogens (tertiary/aromatic N) is 4. The van der Waals surface area contributed by atoms with E-state index in [1.807, 2.05) is 54.6 Å². The topological polar surface area (TPSA) is 97.7 Å². The van der Waals surface area contributed by atoms with Crippen LogP contribution in [0, 0.1) is 0 Å². The summed E-state index contributed by atoms with van der Waals surface area (Å²) >= 11 is 0. The maximum Gasteiger partial charge on any atom is 0.269 e. The van der Waals surface area contributed by atoms with E-state index in [4.69, 9.17) is 4.74 Å². The second-order valence-corrected chi connectivity index (χ2v) is 7.85. The average molecular weight is 428 g/mol. The zero-order chi connectivity index (χ0) is 21.9. The van der Waals surface area contributed by atoms with Gasteiger partial charge in [-0.3, -0.25) is 9.89 Å². The summed E-state index contributed by atoms with van der Waals surface area (Å²) in [6, 6.07) is 19.5. The Hall–Kier alpha value is -3.94. The minimum absolute atomic E-state index is 0.0561. The van der Waals surface area contributed by atoms with Crippen LogP contribution in [0.25, 0.3) is 22.6 Å². The number of aryl methyl sites for hydroxylation is 1. The first-order valence-corrected chi connectivity index (χ1v) is 10.7. The van der Waals surface area contributed by atoms with Crippen molar-refractivity contribution in [1.82, 2.24) is 30.3 Å². The zero-order valence-corrected chi connectivity index (χ0v) is 17.8. The van der Waals surface area contributed by atoms with E-state index in [-0.39, 0.29) is 11.9 Å². The molecule has 5 rings (SSSR count). The van der Waals surface area contributed by atoms with Crippen molar-refractivity contribution in [2.45, 2.75) is 31.8 Å². The van der Waals surface area contributed by atoms with Gasteiger partial charge in [0.2, 0.25) is 0 Å². The van der Waals surface area contributed by atoms with Crippen molar-refractivity contribution in [1.29, 1.82) is 0 Å². The molecule has 0 saturated heterocycles. The lowest BCUT2D eigenvalue weighted by Gasteiger charge is -2.15. The number of aromatic amines is 1. The standard InChI is InChI=1S/C24H24N6O2/c1-32-19-10-7-16(8-11-19)20-15-21(27-26-20)24(31)25-18-9-12-22-28-29-23(30(22)14-13-18)17-5-3-2-4-6-17/h2-8,10-11,15,18H,9,12-14H2,1H3,(H,25,31)(H,26,27). The number of nitrogens with one attached hydrogen (secondary N) is 2. The molecule has 1 aliphatic rings. The smallest absolute Gasteiger partial charge is 0.269 e. The van der Waals surface area contributed by atoms with Crippen LogP contribution in [-0.4, -0.2) is 44.0 Å². The van der Waals surface area contributed by atoms with Crippen LogP contribution in [0.1, 0.15) is 29.2 Å². The van der Waals surface area contributed by atoms with Gasteiger partial charge in [-0.2, -0.15) is 5.10 Å². The van der Waals surface area contributed by atoms with Gasteiger partial charge in [-0.1, -0.05) is 30.3 Å². The Morgan fingerprint density at radius 2 is 1.88 bits per heavy atom. The van der Waals surface area contributed by atoms with Gasteiger partial charge in [0.15, 0.2) is 5.82 Å². The molecule has 2 aromatic carbocycles. The van der Waals surface area contributed by atoms with Crippen LogP contribution in [0.5, 0.6) is 5.75 Å². The van der Waals surface area contributed by atoms with Crippen molar-refractivity contribution in [3.63, 3.8) is 0 Å². The van der Waals surface area contributed by atoms with Crippen LogP contribution in [0.2, 0.25) is 0 Å². The van der Waals surface area contributed by atoms with Gasteiger partial charge in [-0.15, -0.1) is 10.2 Å². The van der Waals surface area contributed by atoms with E-state index >= 15 is 0 Å². The molecule has 8 heteroatoms. The van der Waals surface area contributed by atoms with Gasteiger partial charge in [0.05, 0.1) is 12.8 Å². The fraction of sp³-hybridized carbons (Fsp3) is 0.250. The highest BCUT2D eigenvalue weighted by Crippen LogP contribution is 2.24. The lowest BCUT2D eigenvalue weighted by atomic mass is 10.1. The van der Waals surface area contributed by atoms with Crippen LogP contribution in [0.4, 0.5) is 0 Å². The quantitative estimate of drug-likeness (QED) is 0.507. The number of amides is 1. The first kappa shape index (κ1) is 20.0. The number of benzene rings is 2. The fourth-order valence-electron chi connectivity index (χ4n) is 4.04. The first-order valence-electron chi connectivity index (χ1n) is 10.7. The summed E-state index contributed by atoms with van der Waals surface area (Å²) < 4.78 is 7.36. The lowest BCUT2D eigenvalue weighted by Crippen LogP contribution is -2.35. The van der Waals surface area contributed by atoms with Crippen LogP contribution < -0.4 is 10.1 Å². The van der Waals surface area contributed by atoms with Gasteiger partial charge < -0.3 is 14.6 Å². The van der Waals surface area contributed by atoms with Crippen molar-refractivity contribution in [2.75, 3.05) is 7.11 Å². The summed E-state index contributed by atoms with van der Waals surface area (Å²) in [5, 5.41) is 19.1. The van der Waals surface area contributed by atoms with E-state index in [0.717, 1.165) is 60.0 Å². The summed E-state index contributed by atoms with van der Waals surface area (Å²) in [4.78, 5) is 12.8. The Balaban J connectivity index is 1.25. The number of methoxy groups -OCH3 is 1. The third-order valence-corrected chi connectivity index (χ3v) is 5.82. The molecule has 4 aromatic rings. The summed E-state index contributed by atoms with van der Waals surface area (Å²) in [5.41, 5.74) is 3.14. The van der Waals surface area contributed by atoms with Crippen LogP contribution in [-0.2, 0) is 13.0 Å². The van der Waals surface area contributed by atoms with Gasteiger partial charge in [0.25, 0.3) is 5.91 Å². The van der Waals surface area contributed by atoms with E-state index in [0.29, 0.717) is 5.69 Å². The molecule has 2 aromatic heterocycles. The summed E-state index contributed by atoms with van der Waals surface area (Å²) in [6.45, 7) is 0.761. The number of ether oxygens (including phenoxy) is 1. The molecule has 0 radical (unpaired) electrons. The van der Waals surface area contributed by atoms with Crippen LogP contribution in [0.3, 0.4) is 0 Å². The van der Waals surface area contributed by atoms with Crippen molar-refractivity contribution in [3.05, 3.63) is 72.2 Å². The number of fused-ring (bicyclic) bond motifs is 1. The molecular weight excluding hydrogens is 404 g/mol. The van der Waals surface area contributed by atoms with Crippen molar-refractivity contribution in [3.8, 4) is 28.4 Å². The Kier molecular flexibility index (Phi) is 5.41. The Morgan fingerprint density at radius 3 is 2.66 bits per heavy atom. The maximum absolute atomic E-state index is 12.8. The zero-order valence-electron chi connectivity index (χ0n) is 17.8. The molecule has 32 heavy (non-hydrogen) atoms. The van der Waals surface area contributed by atoms with E-state index in [9.17, 15) is 4.79 Å². The molecule has 1 aliphatic heterocycles. The van der Waals surface area contributed by atoms with Gasteiger partial charge in [-0.25, -0.2) is 0 Å². The van der Waals surface area contributed by atoms with Gasteiger partial charge >= 0.3 is 0 Å². The second kappa shape index (κ2) is 8.66. The third-order valence-electron chi connectivity index (χ3n) is 5.82. The molecule has 0 aliphatic carbocycles. The minimum Gasteiger partial charge on any atom is -0.497 e. The normalized spacial score (nSPS) is 15.6. The first-order chi connectivity index (χ1) is 15.7. The van der Waals surface area contributed by atoms with Crippen molar-refractivity contribution < 1.29 is 9.53 Å². The predicted molar refractivity (Wildman–Crippen MR) is 120 cm³/mol. The molecule has 0 fully saturated rings. The number of rotatable bonds is 5. The van der Waals surface area contributed by atoms with E-state index in [2.05, 4.69) is 30.3 Å². The third kappa shape index (κ3) is 3.99. The lowest BCUT2D eigenvalue weighted by molar-refractivity contribution is 0.0928. The fourth-order valence-corrected chi connectivity index (χ4v) is 4.04. The van der Waals surface area contributed by atoms with Crippen LogP contribution in [0.15, 0.2) is 60.7 Å². The molecule has 162 valence electrons. The monoisotopic (exact) mass is 428 g/mol. The van der Waals surface area contributed by atoms with Crippen molar-refractivity contribution in [2.24, 2.45) is 0 Å². The molecule has 2 N–H and O–H groups in total. The molecule has 1 amide bonds. The number of hydrogen-bond acceptors (Lipinski definition) is 5. The molecule has 0 spiro atoms. The SMILES string of the molecule is COc1ccc(-c2cc(C(=O)NC3CCc4nnc(-c5ccccc5)n4CC3)[nH]n2)cc1. The molecule has 0 saturated carbocycles. The average Bonchev–Trinajstić information content (AvgIpc) is 3.45. The maximum atomic E-state index is 12.8. The highest BCUT2D eigenvalue weighted by atomic mass is 16.5. The van der Waals surface area contributed by atoms with Crippen molar-refractivity contribution >= 4 is 5.91 Å². The molecular formula is C24H24N6O2. The highest BCUT2D eigenvalue weighted by Gasteiger charge is 2.23. The molecule has 1 unspecified atom stereocenters. The van der Waals surface area contributed by atoms with E-state index in [1.165, 1.54) is 0 Å². The number of carbonyl (C=O) groups is 1. The summed E-state index contributed by atoms with van der Waals surface area (Å²) in [7, 11) is 1.63. The van der Waals surface area contributed by atoms with Gasteiger partial charge in [0, 0.05) is 30.1 Å². The molecule has 8 nitrogen and oxygen atoms in total. The molecule has 3 heterocycles. The number of carbonyl (C=O) groups excluding carboxylic acids is 1. The Morgan fingerprint density at radius 1 is 1.06 bits per heavy atom. The minimum atomic E-state index is -0.150. The summed E-state index contributed by atoms with van der Waals surface area (Å²) in [5.74, 6) is 2.47. The molecule has 1 atom stereocenters. The molecule has 0 bridgehead atoms. The predicted octanol–water partition coefficient (Wildman–Crippen LogP) is 3.48. The van der Waals surface area contributed by atoms with Gasteiger partial charge in [-0.05, 0) is 43.2 Å². The highest BCUT2D eigenvalue weighted by molar-refractivity contribution is 5.93. The largest absolute Gasteiger partial charge is 0.497 e. The van der Waals surface area contributed by atoms with Crippen LogP contribution >= 0.6 is 0 Å². The van der Waals surface area contributed by atoms with E-state index < -0.39 is 0 Å². The summed E-state index contributed by atoms with van der Waals surface area (Å²) in [6.07, 6.45) is 2.40. The number of aromatic nitrogens is 5. The second-order valence-electron chi connectivity index (χ2n) is 7.85. The Labute approximate surface area is 185 Å². The number of H-pyrrole nitrogens is 1. The number of hydrogen-bond donors (Lipinski definition) is 2. The van der Waals surface area contributed by atoms with E-state index in [1.54, 1.807) is 13.2 Å².